The van der Waals surface area contributed by atoms with E-state index in [4.69, 9.17) is 11.6 Å². The summed E-state index contributed by atoms with van der Waals surface area (Å²) in [5.41, 5.74) is 2.61. The van der Waals surface area contributed by atoms with Crippen LogP contribution in [-0.2, 0) is 13.0 Å². The summed E-state index contributed by atoms with van der Waals surface area (Å²) >= 11 is 7.77. The minimum atomic E-state index is 0.0931. The highest BCUT2D eigenvalue weighted by atomic mass is 35.5. The first-order valence-corrected chi connectivity index (χ1v) is 11.0. The quantitative estimate of drug-likeness (QED) is 0.806. The third-order valence-electron chi connectivity index (χ3n) is 5.77. The average molecular weight is 404 g/mol. The van der Waals surface area contributed by atoms with Crippen LogP contribution in [0.3, 0.4) is 0 Å². The number of carbonyl (C=O) groups is 1. The highest BCUT2D eigenvalue weighted by molar-refractivity contribution is 7.10. The van der Waals surface area contributed by atoms with Crippen LogP contribution in [0.4, 0.5) is 4.79 Å². The zero-order valence-corrected chi connectivity index (χ0v) is 17.2. The maximum absolute atomic E-state index is 12.8. The van der Waals surface area contributed by atoms with Crippen LogP contribution in [0.25, 0.3) is 0 Å². The van der Waals surface area contributed by atoms with Crippen molar-refractivity contribution in [3.8, 4) is 0 Å². The molecule has 0 aliphatic carbocycles. The third-order valence-corrected chi connectivity index (χ3v) is 7.02. The second-order valence-electron chi connectivity index (χ2n) is 7.54. The van der Waals surface area contributed by atoms with Crippen LogP contribution >= 0.6 is 22.9 Å². The van der Waals surface area contributed by atoms with Gasteiger partial charge in [-0.25, -0.2) is 4.79 Å². The first kappa shape index (κ1) is 18.8. The van der Waals surface area contributed by atoms with Crippen LogP contribution in [0, 0.1) is 0 Å². The van der Waals surface area contributed by atoms with E-state index in [0.29, 0.717) is 0 Å². The maximum atomic E-state index is 12.8. The highest BCUT2D eigenvalue weighted by Gasteiger charge is 2.30. The lowest BCUT2D eigenvalue weighted by Crippen LogP contribution is -2.50. The van der Waals surface area contributed by atoms with Gasteiger partial charge >= 0.3 is 6.03 Å². The monoisotopic (exact) mass is 403 g/mol. The molecule has 1 atom stereocenters. The molecule has 144 valence electrons. The van der Waals surface area contributed by atoms with Gasteiger partial charge in [0.15, 0.2) is 0 Å². The Morgan fingerprint density at radius 3 is 2.67 bits per heavy atom. The lowest BCUT2D eigenvalue weighted by Gasteiger charge is -2.37. The molecule has 0 bridgehead atoms. The molecule has 2 amide bonds. The van der Waals surface area contributed by atoms with Gasteiger partial charge in [0, 0.05) is 42.1 Å². The number of hydrogen-bond donors (Lipinski definition) is 1. The molecule has 2 aliphatic rings. The van der Waals surface area contributed by atoms with Crippen LogP contribution in [0.5, 0.6) is 0 Å². The Hall–Kier alpha value is -1.56. The molecule has 0 spiro atoms. The van der Waals surface area contributed by atoms with E-state index in [-0.39, 0.29) is 18.1 Å². The smallest absolute Gasteiger partial charge is 0.318 e. The zero-order valence-electron chi connectivity index (χ0n) is 15.7. The number of thiophene rings is 1. The number of likely N-dealkylation sites (tertiary alicyclic amines) is 1. The normalized spacial score (nSPS) is 21.1. The molecule has 1 aromatic heterocycles. The molecule has 2 aromatic rings. The summed E-state index contributed by atoms with van der Waals surface area (Å²) in [5, 5.41) is 6.20. The molecule has 6 heteroatoms. The molecule has 3 heterocycles. The van der Waals surface area contributed by atoms with E-state index in [0.717, 1.165) is 50.5 Å². The second kappa shape index (κ2) is 8.21. The predicted octanol–water partition coefficient (Wildman–Crippen LogP) is 4.69. The van der Waals surface area contributed by atoms with Crippen molar-refractivity contribution in [2.45, 2.75) is 44.8 Å². The van der Waals surface area contributed by atoms with Crippen molar-refractivity contribution in [2.75, 3.05) is 19.6 Å². The van der Waals surface area contributed by atoms with Gasteiger partial charge in [-0.15, -0.1) is 11.3 Å². The van der Waals surface area contributed by atoms with Crippen LogP contribution in [-0.4, -0.2) is 41.5 Å². The number of fused-ring (bicyclic) bond motifs is 1. The summed E-state index contributed by atoms with van der Waals surface area (Å²) in [6, 6.07) is 10.8. The van der Waals surface area contributed by atoms with E-state index in [9.17, 15) is 4.79 Å². The van der Waals surface area contributed by atoms with Crippen molar-refractivity contribution in [1.29, 1.82) is 0 Å². The summed E-state index contributed by atoms with van der Waals surface area (Å²) in [6.07, 6.45) is 2.99. The van der Waals surface area contributed by atoms with Crippen LogP contribution in [0.15, 0.2) is 35.7 Å². The molecule has 1 unspecified atom stereocenters. The van der Waals surface area contributed by atoms with Crippen molar-refractivity contribution in [2.24, 2.45) is 0 Å². The highest BCUT2D eigenvalue weighted by Crippen LogP contribution is 2.32. The van der Waals surface area contributed by atoms with Crippen molar-refractivity contribution < 1.29 is 4.79 Å². The van der Waals surface area contributed by atoms with E-state index in [1.54, 1.807) is 0 Å². The van der Waals surface area contributed by atoms with Crippen LogP contribution in [0.2, 0.25) is 5.02 Å². The topological polar surface area (TPSA) is 35.6 Å². The average Bonchev–Trinajstić information content (AvgIpc) is 3.15. The van der Waals surface area contributed by atoms with Gasteiger partial charge in [-0.3, -0.25) is 4.90 Å². The Kier molecular flexibility index (Phi) is 5.71. The fraction of sp³-hybridized carbons (Fsp3) is 0.476. The first-order valence-electron chi connectivity index (χ1n) is 9.70. The van der Waals surface area contributed by atoms with Gasteiger partial charge < -0.3 is 10.2 Å². The Morgan fingerprint density at radius 1 is 1.19 bits per heavy atom. The summed E-state index contributed by atoms with van der Waals surface area (Å²) in [6.45, 7) is 5.92. The number of amides is 2. The predicted molar refractivity (Wildman–Crippen MR) is 111 cm³/mol. The Labute approximate surface area is 170 Å². The molecule has 4 rings (SSSR count). The number of urea groups is 1. The summed E-state index contributed by atoms with van der Waals surface area (Å²) in [4.78, 5) is 18.7. The second-order valence-corrected chi connectivity index (χ2v) is 8.98. The van der Waals surface area contributed by atoms with Gasteiger partial charge in [0.2, 0.25) is 0 Å². The standard InChI is InChI=1S/C21H26ClN3OS/c1-15-19-9-13-27-20(19)8-12-25(15)21(26)23-18-6-10-24(11-7-18)14-16-2-4-17(22)5-3-16/h2-5,9,13,15,18H,6-8,10-12,14H2,1H3,(H,23,26). The number of nitrogens with one attached hydrogen (secondary N) is 1. The number of carbonyl (C=O) groups excluding carboxylic acids is 1. The van der Waals surface area contributed by atoms with E-state index < -0.39 is 0 Å². The number of nitrogens with zero attached hydrogens (tertiary/aromatic N) is 2. The molecular weight excluding hydrogens is 378 g/mol. The Morgan fingerprint density at radius 2 is 1.93 bits per heavy atom. The summed E-state index contributed by atoms with van der Waals surface area (Å²) < 4.78 is 0. The lowest BCUT2D eigenvalue weighted by molar-refractivity contribution is 0.155. The zero-order chi connectivity index (χ0) is 18.8. The molecule has 0 radical (unpaired) electrons. The van der Waals surface area contributed by atoms with E-state index in [1.807, 2.05) is 28.4 Å². The van der Waals surface area contributed by atoms with E-state index >= 15 is 0 Å². The molecule has 1 N–H and O–H groups in total. The van der Waals surface area contributed by atoms with Crippen molar-refractivity contribution >= 4 is 29.0 Å². The minimum Gasteiger partial charge on any atom is -0.335 e. The summed E-state index contributed by atoms with van der Waals surface area (Å²) in [7, 11) is 0. The Bertz CT molecular complexity index is 783. The minimum absolute atomic E-state index is 0.0931. The number of piperidine rings is 1. The van der Waals surface area contributed by atoms with E-state index in [2.05, 4.69) is 40.7 Å². The van der Waals surface area contributed by atoms with Crippen LogP contribution < -0.4 is 5.32 Å². The molecule has 1 saturated heterocycles. The molecule has 4 nitrogen and oxygen atoms in total. The fourth-order valence-electron chi connectivity index (χ4n) is 4.13. The number of hydrogen-bond acceptors (Lipinski definition) is 3. The lowest BCUT2D eigenvalue weighted by atomic mass is 10.0. The van der Waals surface area contributed by atoms with Crippen LogP contribution in [0.1, 0.15) is 41.8 Å². The third kappa shape index (κ3) is 4.31. The molecule has 0 saturated carbocycles. The van der Waals surface area contributed by atoms with Gasteiger partial charge in [-0.05, 0) is 60.9 Å². The maximum Gasteiger partial charge on any atom is 0.318 e. The van der Waals surface area contributed by atoms with Crippen molar-refractivity contribution in [3.63, 3.8) is 0 Å². The largest absolute Gasteiger partial charge is 0.335 e. The summed E-state index contributed by atoms with van der Waals surface area (Å²) in [5.74, 6) is 0. The van der Waals surface area contributed by atoms with Gasteiger partial charge in [0.25, 0.3) is 0 Å². The molecular formula is C21H26ClN3OS. The molecule has 1 aromatic carbocycles. The Balaban J connectivity index is 1.27. The van der Waals surface area contributed by atoms with Gasteiger partial charge in [-0.1, -0.05) is 23.7 Å². The van der Waals surface area contributed by atoms with Gasteiger partial charge in [0.1, 0.15) is 0 Å². The van der Waals surface area contributed by atoms with Gasteiger partial charge in [-0.2, -0.15) is 0 Å². The van der Waals surface area contributed by atoms with Crippen molar-refractivity contribution in [3.05, 3.63) is 56.7 Å². The van der Waals surface area contributed by atoms with Gasteiger partial charge in [0.05, 0.1) is 6.04 Å². The molecule has 27 heavy (non-hydrogen) atoms. The molecule has 1 fully saturated rings. The fourth-order valence-corrected chi connectivity index (χ4v) is 5.22. The molecule has 2 aliphatic heterocycles. The number of halogens is 1. The number of benzene rings is 1. The number of rotatable bonds is 3. The van der Waals surface area contributed by atoms with Crippen molar-refractivity contribution in [1.82, 2.24) is 15.1 Å². The SMILES string of the molecule is CC1c2ccsc2CCN1C(=O)NC1CCN(Cc2ccc(Cl)cc2)CC1. The first-order chi connectivity index (χ1) is 13.1. The van der Waals surface area contributed by atoms with E-state index in [1.165, 1.54) is 16.0 Å².